The molecule has 0 aliphatic rings. The van der Waals surface area contributed by atoms with Gasteiger partial charge in [0.05, 0.1) is 0 Å². The molecule has 0 amide bonds. The minimum absolute atomic E-state index is 0.217. The number of thiazole rings is 1. The molecule has 0 aliphatic heterocycles. The molecule has 0 fully saturated rings. The zero-order valence-electron chi connectivity index (χ0n) is 7.71. The SMILES string of the molecule is O=CC(=O)c1csc(-c2ccccc2)n1. The second-order valence-corrected chi connectivity index (χ2v) is 3.74. The lowest BCUT2D eigenvalue weighted by Crippen LogP contribution is -1.99. The number of benzene rings is 1. The quantitative estimate of drug-likeness (QED) is 0.450. The molecule has 0 aliphatic carbocycles. The maximum atomic E-state index is 11.0. The molecule has 0 unspecified atom stereocenters. The molecule has 2 rings (SSSR count). The molecule has 0 saturated carbocycles. The van der Waals surface area contributed by atoms with Gasteiger partial charge in [-0.15, -0.1) is 11.3 Å². The van der Waals surface area contributed by atoms with Crippen molar-refractivity contribution in [3.8, 4) is 10.6 Å². The Labute approximate surface area is 90.4 Å². The molecule has 1 aromatic heterocycles. The van der Waals surface area contributed by atoms with E-state index in [1.54, 1.807) is 5.38 Å². The Morgan fingerprint density at radius 2 is 2.00 bits per heavy atom. The summed E-state index contributed by atoms with van der Waals surface area (Å²) in [6.45, 7) is 0. The number of ketones is 1. The third-order valence-electron chi connectivity index (χ3n) is 1.88. The van der Waals surface area contributed by atoms with Crippen LogP contribution >= 0.6 is 11.3 Å². The van der Waals surface area contributed by atoms with Crippen molar-refractivity contribution < 1.29 is 9.59 Å². The van der Waals surface area contributed by atoms with Crippen molar-refractivity contribution in [2.45, 2.75) is 0 Å². The average Bonchev–Trinajstić information content (AvgIpc) is 2.78. The fourth-order valence-electron chi connectivity index (χ4n) is 1.16. The maximum absolute atomic E-state index is 11.0. The number of hydrogen-bond donors (Lipinski definition) is 0. The van der Waals surface area contributed by atoms with Crippen molar-refractivity contribution >= 4 is 23.4 Å². The lowest BCUT2D eigenvalue weighted by atomic mass is 10.2. The lowest BCUT2D eigenvalue weighted by molar-refractivity contribution is -0.104. The molecule has 3 nitrogen and oxygen atoms in total. The molecule has 0 atom stereocenters. The molecule has 0 N–H and O–H groups in total. The second kappa shape index (κ2) is 4.14. The Hall–Kier alpha value is -1.81. The molecule has 0 spiro atoms. The Bertz CT molecular complexity index is 490. The van der Waals surface area contributed by atoms with Crippen LogP contribution in [0.15, 0.2) is 35.7 Å². The van der Waals surface area contributed by atoms with Gasteiger partial charge in [0.1, 0.15) is 10.7 Å². The van der Waals surface area contributed by atoms with E-state index in [9.17, 15) is 9.59 Å². The van der Waals surface area contributed by atoms with Gasteiger partial charge in [-0.25, -0.2) is 4.98 Å². The maximum Gasteiger partial charge on any atom is 0.244 e. The van der Waals surface area contributed by atoms with Crippen molar-refractivity contribution in [3.63, 3.8) is 0 Å². The van der Waals surface area contributed by atoms with E-state index in [0.29, 0.717) is 0 Å². The molecule has 0 bridgehead atoms. The van der Waals surface area contributed by atoms with Crippen molar-refractivity contribution in [2.75, 3.05) is 0 Å². The summed E-state index contributed by atoms with van der Waals surface area (Å²) >= 11 is 1.36. The first kappa shape index (κ1) is 9.73. The van der Waals surface area contributed by atoms with E-state index in [4.69, 9.17) is 0 Å². The standard InChI is InChI=1S/C11H7NO2S/c13-6-10(14)9-7-15-11(12-9)8-4-2-1-3-5-8/h1-7H. The Morgan fingerprint density at radius 3 is 2.67 bits per heavy atom. The average molecular weight is 217 g/mol. The fourth-order valence-corrected chi connectivity index (χ4v) is 1.98. The van der Waals surface area contributed by atoms with Crippen LogP contribution in [0.4, 0.5) is 0 Å². The minimum Gasteiger partial charge on any atom is -0.294 e. The topological polar surface area (TPSA) is 47.0 Å². The number of Topliss-reactive ketones (excluding diaryl/α,β-unsaturated/α-hetero) is 1. The third kappa shape index (κ3) is 1.99. The van der Waals surface area contributed by atoms with Crippen LogP contribution in [0.25, 0.3) is 10.6 Å². The molecule has 4 heteroatoms. The summed E-state index contributed by atoms with van der Waals surface area (Å²) in [6.07, 6.45) is 0.282. The highest BCUT2D eigenvalue weighted by Crippen LogP contribution is 2.23. The van der Waals surface area contributed by atoms with Crippen LogP contribution in [0.2, 0.25) is 0 Å². The predicted octanol–water partition coefficient (Wildman–Crippen LogP) is 2.19. The van der Waals surface area contributed by atoms with Crippen LogP contribution < -0.4 is 0 Å². The van der Waals surface area contributed by atoms with Gasteiger partial charge >= 0.3 is 0 Å². The van der Waals surface area contributed by atoms with E-state index in [-0.39, 0.29) is 12.0 Å². The number of rotatable bonds is 3. The minimum atomic E-state index is -0.576. The van der Waals surface area contributed by atoms with Crippen LogP contribution in [-0.2, 0) is 4.79 Å². The Kier molecular flexibility index (Phi) is 2.69. The van der Waals surface area contributed by atoms with Gasteiger partial charge in [-0.3, -0.25) is 9.59 Å². The van der Waals surface area contributed by atoms with E-state index < -0.39 is 5.78 Å². The summed E-state index contributed by atoms with van der Waals surface area (Å²) in [5.41, 5.74) is 1.17. The van der Waals surface area contributed by atoms with E-state index in [1.165, 1.54) is 11.3 Å². The molecule has 2 aromatic rings. The Morgan fingerprint density at radius 1 is 1.27 bits per heavy atom. The smallest absolute Gasteiger partial charge is 0.244 e. The number of aldehydes is 1. The molecule has 0 saturated heterocycles. The largest absolute Gasteiger partial charge is 0.294 e. The van der Waals surface area contributed by atoms with Crippen LogP contribution in [-0.4, -0.2) is 17.1 Å². The molecular formula is C11H7NO2S. The van der Waals surface area contributed by atoms with E-state index in [0.717, 1.165) is 10.6 Å². The van der Waals surface area contributed by atoms with Gasteiger partial charge in [0.25, 0.3) is 0 Å². The van der Waals surface area contributed by atoms with Gasteiger partial charge in [-0.2, -0.15) is 0 Å². The predicted molar refractivity (Wildman–Crippen MR) is 57.9 cm³/mol. The molecule has 1 heterocycles. The number of carbonyl (C=O) groups is 2. The van der Waals surface area contributed by atoms with Crippen LogP contribution in [0, 0.1) is 0 Å². The van der Waals surface area contributed by atoms with Gasteiger partial charge < -0.3 is 0 Å². The summed E-state index contributed by atoms with van der Waals surface area (Å²) in [5, 5.41) is 2.35. The second-order valence-electron chi connectivity index (χ2n) is 2.89. The van der Waals surface area contributed by atoms with Crippen molar-refractivity contribution in [1.29, 1.82) is 0 Å². The summed E-state index contributed by atoms with van der Waals surface area (Å²) in [4.78, 5) is 25.4. The molecule has 15 heavy (non-hydrogen) atoms. The van der Waals surface area contributed by atoms with Crippen molar-refractivity contribution in [1.82, 2.24) is 4.98 Å². The summed E-state index contributed by atoms with van der Waals surface area (Å²) < 4.78 is 0. The lowest BCUT2D eigenvalue weighted by Gasteiger charge is -1.92. The first-order chi connectivity index (χ1) is 7.31. The van der Waals surface area contributed by atoms with E-state index in [1.807, 2.05) is 30.3 Å². The highest BCUT2D eigenvalue weighted by molar-refractivity contribution is 7.13. The van der Waals surface area contributed by atoms with Gasteiger partial charge in [-0.05, 0) is 0 Å². The highest BCUT2D eigenvalue weighted by Gasteiger charge is 2.09. The monoisotopic (exact) mass is 217 g/mol. The third-order valence-corrected chi connectivity index (χ3v) is 2.78. The van der Waals surface area contributed by atoms with E-state index >= 15 is 0 Å². The van der Waals surface area contributed by atoms with Gasteiger partial charge in [-0.1, -0.05) is 30.3 Å². The fraction of sp³-hybridized carbons (Fsp3) is 0. The highest BCUT2D eigenvalue weighted by atomic mass is 32.1. The van der Waals surface area contributed by atoms with Crippen LogP contribution in [0.5, 0.6) is 0 Å². The molecule has 0 radical (unpaired) electrons. The van der Waals surface area contributed by atoms with Gasteiger partial charge in [0.2, 0.25) is 5.78 Å². The first-order valence-corrected chi connectivity index (χ1v) is 5.19. The number of nitrogens with zero attached hydrogens (tertiary/aromatic N) is 1. The van der Waals surface area contributed by atoms with Crippen LogP contribution in [0.3, 0.4) is 0 Å². The molecule has 74 valence electrons. The zero-order chi connectivity index (χ0) is 10.7. The summed E-state index contributed by atoms with van der Waals surface area (Å²) in [7, 11) is 0. The normalized spacial score (nSPS) is 9.87. The van der Waals surface area contributed by atoms with Crippen molar-refractivity contribution in [2.24, 2.45) is 0 Å². The molecular weight excluding hydrogens is 210 g/mol. The van der Waals surface area contributed by atoms with E-state index in [2.05, 4.69) is 4.98 Å². The molecule has 1 aromatic carbocycles. The first-order valence-electron chi connectivity index (χ1n) is 4.31. The van der Waals surface area contributed by atoms with Gasteiger partial charge in [0, 0.05) is 10.9 Å². The van der Waals surface area contributed by atoms with Crippen LogP contribution in [0.1, 0.15) is 10.5 Å². The number of carbonyl (C=O) groups excluding carboxylic acids is 2. The summed E-state index contributed by atoms with van der Waals surface area (Å²) in [6, 6.07) is 9.53. The summed E-state index contributed by atoms with van der Waals surface area (Å²) in [5.74, 6) is -0.576. The Balaban J connectivity index is 2.36. The number of hydrogen-bond acceptors (Lipinski definition) is 4. The van der Waals surface area contributed by atoms with Crippen molar-refractivity contribution in [3.05, 3.63) is 41.4 Å². The van der Waals surface area contributed by atoms with Gasteiger partial charge in [0.15, 0.2) is 6.29 Å². The zero-order valence-corrected chi connectivity index (χ0v) is 8.53. The number of aromatic nitrogens is 1.